The van der Waals surface area contributed by atoms with E-state index in [1.54, 1.807) is 30.3 Å². The van der Waals surface area contributed by atoms with Crippen molar-refractivity contribution >= 4 is 28.5 Å². The Bertz CT molecular complexity index is 1480. The third kappa shape index (κ3) is 4.87. The lowest BCUT2D eigenvalue weighted by Crippen LogP contribution is -2.17. The maximum atomic E-state index is 14.5. The molecule has 4 aromatic rings. The Morgan fingerprint density at radius 2 is 1.76 bits per heavy atom. The van der Waals surface area contributed by atoms with E-state index in [0.717, 1.165) is 41.1 Å². The minimum atomic E-state index is -0.954. The van der Waals surface area contributed by atoms with Crippen molar-refractivity contribution in [2.24, 2.45) is 0 Å². The molecule has 0 saturated carbocycles. The second kappa shape index (κ2) is 11.1. The summed E-state index contributed by atoms with van der Waals surface area (Å²) in [7, 11) is 2.85. The van der Waals surface area contributed by atoms with Gasteiger partial charge >= 0.3 is 5.97 Å². The van der Waals surface area contributed by atoms with E-state index < -0.39 is 17.6 Å². The van der Waals surface area contributed by atoms with Crippen molar-refractivity contribution < 1.29 is 32.5 Å². The topological polar surface area (TPSA) is 58.9 Å². The Balaban J connectivity index is 1.88. The molecule has 1 aliphatic heterocycles. The van der Waals surface area contributed by atoms with E-state index in [-0.39, 0.29) is 12.7 Å². The van der Waals surface area contributed by atoms with Crippen molar-refractivity contribution in [3.63, 3.8) is 0 Å². The fourth-order valence-corrected chi connectivity index (χ4v) is 5.25. The number of fused-ring (bicyclic) bond motifs is 1. The molecule has 1 saturated heterocycles. The van der Waals surface area contributed by atoms with Crippen molar-refractivity contribution in [2.75, 3.05) is 34.2 Å². The van der Waals surface area contributed by atoms with Crippen LogP contribution in [0.1, 0.15) is 34.8 Å². The second-order valence-corrected chi connectivity index (χ2v) is 9.43. The lowest BCUT2D eigenvalue weighted by molar-refractivity contribution is 0.0522. The van der Waals surface area contributed by atoms with Gasteiger partial charge in [-0.15, -0.1) is 0 Å². The van der Waals surface area contributed by atoms with Crippen LogP contribution in [0.3, 0.4) is 0 Å². The molecule has 1 aromatic heterocycles. The number of hydrogen-bond donors (Lipinski definition) is 0. The van der Waals surface area contributed by atoms with Gasteiger partial charge in [0.25, 0.3) is 0 Å². The molecule has 5 rings (SSSR count). The number of ether oxygens (including phenoxy) is 4. The molecule has 0 bridgehead atoms. The molecule has 1 aliphatic rings. The number of hydrogen-bond acceptors (Lipinski definition) is 5. The highest BCUT2D eigenvalue weighted by molar-refractivity contribution is 6.31. The Morgan fingerprint density at radius 1 is 1.03 bits per heavy atom. The fraction of sp³-hybridized carbons (Fsp3) is 0.276. The van der Waals surface area contributed by atoms with Gasteiger partial charge in [-0.25, -0.2) is 13.6 Å². The van der Waals surface area contributed by atoms with E-state index in [9.17, 15) is 13.6 Å². The Kier molecular flexibility index (Phi) is 7.65. The molecule has 0 N–H and O–H groups in total. The summed E-state index contributed by atoms with van der Waals surface area (Å²) < 4.78 is 52.0. The maximum absolute atomic E-state index is 14.5. The molecule has 0 spiro atoms. The van der Waals surface area contributed by atoms with Crippen LogP contribution in [0.2, 0.25) is 5.02 Å². The van der Waals surface area contributed by atoms with Gasteiger partial charge in [-0.2, -0.15) is 0 Å². The Hall–Kier alpha value is -3.46. The molecule has 3 aromatic carbocycles. The number of carbonyl (C=O) groups excluding carboxylic acids is 1. The van der Waals surface area contributed by atoms with Crippen LogP contribution in [-0.2, 0) is 14.2 Å². The zero-order chi connectivity index (χ0) is 26.8. The van der Waals surface area contributed by atoms with Gasteiger partial charge in [0.2, 0.25) is 0 Å². The van der Waals surface area contributed by atoms with E-state index in [2.05, 4.69) is 0 Å². The zero-order valence-electron chi connectivity index (χ0n) is 20.9. The summed E-state index contributed by atoms with van der Waals surface area (Å²) in [6.07, 6.45) is 1.46. The second-order valence-electron chi connectivity index (χ2n) is 9.00. The van der Waals surface area contributed by atoms with Gasteiger partial charge < -0.3 is 23.5 Å². The molecule has 0 radical (unpaired) electrons. The summed E-state index contributed by atoms with van der Waals surface area (Å²) in [5.74, 6) is -1.81. The van der Waals surface area contributed by atoms with Crippen molar-refractivity contribution in [1.82, 2.24) is 4.57 Å². The first-order valence-electron chi connectivity index (χ1n) is 12.1. The molecule has 6 nitrogen and oxygen atoms in total. The monoisotopic (exact) mass is 541 g/mol. The summed E-state index contributed by atoms with van der Waals surface area (Å²) in [4.78, 5) is 12.1. The van der Waals surface area contributed by atoms with E-state index in [4.69, 9.17) is 30.5 Å². The lowest BCUT2D eigenvalue weighted by Gasteiger charge is -2.26. The van der Waals surface area contributed by atoms with Gasteiger partial charge in [0.05, 0.1) is 23.6 Å². The standard InChI is InChI=1S/C29H26ClF2NO5/c1-35-16-38-25-14-20(30)13-24-27(25)26(17-3-5-19(6-4-17)29(34)36-2)28(18-9-11-37-12-10-18)33(24)21-7-8-22(31)23(32)15-21/h3-8,13-15,18H,9-12,16H2,1-2H3. The van der Waals surface area contributed by atoms with Gasteiger partial charge in [-0.1, -0.05) is 23.7 Å². The fourth-order valence-electron chi connectivity index (χ4n) is 5.04. The molecule has 38 heavy (non-hydrogen) atoms. The predicted molar refractivity (Wildman–Crippen MR) is 140 cm³/mol. The normalized spacial score (nSPS) is 14.1. The molecule has 0 aliphatic carbocycles. The molecule has 1 fully saturated rings. The summed E-state index contributed by atoms with van der Waals surface area (Å²) in [5.41, 5.74) is 4.08. The largest absolute Gasteiger partial charge is 0.467 e. The van der Waals surface area contributed by atoms with Crippen molar-refractivity contribution in [1.29, 1.82) is 0 Å². The van der Waals surface area contributed by atoms with Crippen LogP contribution in [0.4, 0.5) is 8.78 Å². The Labute approximate surface area is 223 Å². The van der Waals surface area contributed by atoms with Crippen LogP contribution in [0.5, 0.6) is 5.75 Å². The highest BCUT2D eigenvalue weighted by Crippen LogP contribution is 2.47. The first-order chi connectivity index (χ1) is 18.4. The van der Waals surface area contributed by atoms with Crippen LogP contribution < -0.4 is 4.74 Å². The van der Waals surface area contributed by atoms with Crippen LogP contribution in [0.15, 0.2) is 54.6 Å². The van der Waals surface area contributed by atoms with Crippen molar-refractivity contribution in [2.45, 2.75) is 18.8 Å². The summed E-state index contributed by atoms with van der Waals surface area (Å²) >= 11 is 6.54. The van der Waals surface area contributed by atoms with Crippen molar-refractivity contribution in [3.8, 4) is 22.6 Å². The summed E-state index contributed by atoms with van der Waals surface area (Å²) in [6, 6.07) is 14.4. The number of carbonyl (C=O) groups is 1. The summed E-state index contributed by atoms with van der Waals surface area (Å²) in [5, 5.41) is 1.15. The number of methoxy groups -OCH3 is 2. The number of nitrogens with zero attached hydrogens (tertiary/aromatic N) is 1. The lowest BCUT2D eigenvalue weighted by atomic mass is 9.89. The molecule has 9 heteroatoms. The smallest absolute Gasteiger partial charge is 0.337 e. The third-order valence-electron chi connectivity index (χ3n) is 6.73. The van der Waals surface area contributed by atoms with E-state index in [0.29, 0.717) is 40.8 Å². The number of aromatic nitrogens is 1. The van der Waals surface area contributed by atoms with Crippen molar-refractivity contribution in [3.05, 3.63) is 82.5 Å². The molecule has 0 unspecified atom stereocenters. The molecule has 2 heterocycles. The zero-order valence-corrected chi connectivity index (χ0v) is 21.7. The van der Waals surface area contributed by atoms with Gasteiger partial charge in [-0.05, 0) is 54.8 Å². The van der Waals surface area contributed by atoms with Crippen LogP contribution in [-0.4, -0.2) is 44.8 Å². The van der Waals surface area contributed by atoms with E-state index >= 15 is 0 Å². The third-order valence-corrected chi connectivity index (χ3v) is 6.95. The molecule has 198 valence electrons. The number of rotatable bonds is 7. The predicted octanol–water partition coefficient (Wildman–Crippen LogP) is 6.89. The highest BCUT2D eigenvalue weighted by Gasteiger charge is 2.30. The van der Waals surface area contributed by atoms with Gasteiger partial charge in [0.1, 0.15) is 5.75 Å². The van der Waals surface area contributed by atoms with E-state index in [1.165, 1.54) is 20.3 Å². The average Bonchev–Trinajstić information content (AvgIpc) is 3.28. The molecular formula is C29H26ClF2NO5. The quantitative estimate of drug-likeness (QED) is 0.188. The number of esters is 1. The van der Waals surface area contributed by atoms with Crippen LogP contribution in [0, 0.1) is 11.6 Å². The van der Waals surface area contributed by atoms with Gasteiger partial charge in [0.15, 0.2) is 18.4 Å². The highest BCUT2D eigenvalue weighted by atomic mass is 35.5. The molecular weight excluding hydrogens is 516 g/mol. The van der Waals surface area contributed by atoms with Gasteiger partial charge in [0, 0.05) is 54.3 Å². The first-order valence-corrected chi connectivity index (χ1v) is 12.5. The summed E-state index contributed by atoms with van der Waals surface area (Å²) in [6.45, 7) is 1.12. The minimum absolute atomic E-state index is 0.0148. The van der Waals surface area contributed by atoms with Crippen LogP contribution in [0.25, 0.3) is 27.7 Å². The van der Waals surface area contributed by atoms with Crippen LogP contribution >= 0.6 is 11.6 Å². The number of benzene rings is 3. The SMILES string of the molecule is COCOc1cc(Cl)cc2c1c(-c1ccc(C(=O)OC)cc1)c(C1CCOCC1)n2-c1ccc(F)c(F)c1. The average molecular weight is 542 g/mol. The number of halogens is 3. The molecule has 0 amide bonds. The first kappa shape index (κ1) is 26.2. The Morgan fingerprint density at radius 3 is 2.42 bits per heavy atom. The van der Waals surface area contributed by atoms with Gasteiger partial charge in [-0.3, -0.25) is 0 Å². The van der Waals surface area contributed by atoms with E-state index in [1.807, 2.05) is 16.7 Å². The maximum Gasteiger partial charge on any atom is 0.337 e. The molecule has 0 atom stereocenters. The minimum Gasteiger partial charge on any atom is -0.467 e.